The Kier molecular flexibility index (Phi) is 6.08. The van der Waals surface area contributed by atoms with Crippen LogP contribution in [-0.4, -0.2) is 35.9 Å². The summed E-state index contributed by atoms with van der Waals surface area (Å²) < 4.78 is 5.01. The van der Waals surface area contributed by atoms with Crippen LogP contribution >= 0.6 is 11.6 Å². The molecule has 29 heavy (non-hydrogen) atoms. The van der Waals surface area contributed by atoms with Crippen LogP contribution in [0.15, 0.2) is 48.5 Å². The Bertz CT molecular complexity index is 980. The van der Waals surface area contributed by atoms with Crippen LogP contribution in [0.1, 0.15) is 6.42 Å². The van der Waals surface area contributed by atoms with E-state index in [1.54, 1.807) is 30.3 Å². The minimum absolute atomic E-state index is 0.0188. The number of nitrogens with zero attached hydrogens (tertiary/aromatic N) is 2. The van der Waals surface area contributed by atoms with Gasteiger partial charge in [0.1, 0.15) is 0 Å². The van der Waals surface area contributed by atoms with Gasteiger partial charge < -0.3 is 15.0 Å². The van der Waals surface area contributed by atoms with Gasteiger partial charge in [0, 0.05) is 25.1 Å². The monoisotopic (exact) mass is 417 g/mol. The molecule has 1 atom stereocenters. The SMILES string of the molecule is O=C(COC(=O)[C@H]1CC(=O)N(c2cccc([N+](=O)[O-])c2)C1)Nc1ccccc1Cl. The first-order valence-electron chi connectivity index (χ1n) is 8.61. The third-order valence-electron chi connectivity index (χ3n) is 4.30. The molecule has 0 bridgehead atoms. The number of esters is 1. The first-order chi connectivity index (χ1) is 13.8. The highest BCUT2D eigenvalue weighted by atomic mass is 35.5. The van der Waals surface area contributed by atoms with Gasteiger partial charge in [-0.3, -0.25) is 24.5 Å². The van der Waals surface area contributed by atoms with E-state index in [2.05, 4.69) is 5.32 Å². The number of non-ortho nitro benzene ring substituents is 1. The van der Waals surface area contributed by atoms with Crippen LogP contribution in [0, 0.1) is 16.0 Å². The van der Waals surface area contributed by atoms with E-state index in [1.165, 1.54) is 23.1 Å². The topological polar surface area (TPSA) is 119 Å². The number of para-hydroxylation sites is 1. The molecule has 3 rings (SSSR count). The molecular weight excluding hydrogens is 402 g/mol. The largest absolute Gasteiger partial charge is 0.455 e. The number of carbonyl (C=O) groups excluding carboxylic acids is 3. The fourth-order valence-corrected chi connectivity index (χ4v) is 3.08. The number of carbonyl (C=O) groups is 3. The van der Waals surface area contributed by atoms with E-state index in [9.17, 15) is 24.5 Å². The zero-order valence-electron chi connectivity index (χ0n) is 15.0. The summed E-state index contributed by atoms with van der Waals surface area (Å²) in [6.45, 7) is -0.503. The molecule has 1 heterocycles. The fraction of sp³-hybridized carbons (Fsp3) is 0.211. The van der Waals surface area contributed by atoms with Gasteiger partial charge in [0.25, 0.3) is 11.6 Å². The van der Waals surface area contributed by atoms with Gasteiger partial charge in [-0.25, -0.2) is 0 Å². The number of hydrogen-bond donors (Lipinski definition) is 1. The van der Waals surface area contributed by atoms with Crippen molar-refractivity contribution in [3.05, 3.63) is 63.7 Å². The van der Waals surface area contributed by atoms with Crippen LogP contribution in [-0.2, 0) is 19.1 Å². The normalized spacial score (nSPS) is 15.8. The minimum atomic E-state index is -0.769. The molecule has 1 saturated heterocycles. The van der Waals surface area contributed by atoms with Gasteiger partial charge in [-0.1, -0.05) is 29.8 Å². The summed E-state index contributed by atoms with van der Waals surface area (Å²) in [5, 5.41) is 13.8. The van der Waals surface area contributed by atoms with Crippen molar-refractivity contribution in [1.29, 1.82) is 0 Å². The zero-order valence-corrected chi connectivity index (χ0v) is 15.8. The molecule has 0 spiro atoms. The molecular formula is C19H16ClN3O6. The number of anilines is 2. The van der Waals surface area contributed by atoms with Crippen LogP contribution in [0.5, 0.6) is 0 Å². The Labute approximate surface area is 170 Å². The molecule has 1 aliphatic heterocycles. The first-order valence-corrected chi connectivity index (χ1v) is 8.99. The second kappa shape index (κ2) is 8.70. The summed E-state index contributed by atoms with van der Waals surface area (Å²) >= 11 is 5.95. The van der Waals surface area contributed by atoms with E-state index in [1.807, 2.05) is 0 Å². The molecule has 9 nitrogen and oxygen atoms in total. The number of nitro benzene ring substituents is 1. The van der Waals surface area contributed by atoms with Gasteiger partial charge >= 0.3 is 5.97 Å². The predicted molar refractivity (Wildman–Crippen MR) is 105 cm³/mol. The van der Waals surface area contributed by atoms with Gasteiger partial charge in [-0.05, 0) is 18.2 Å². The summed E-state index contributed by atoms with van der Waals surface area (Å²) in [6, 6.07) is 12.2. The second-order valence-electron chi connectivity index (χ2n) is 6.32. The highest BCUT2D eigenvalue weighted by Crippen LogP contribution is 2.28. The number of amides is 2. The summed E-state index contributed by atoms with van der Waals surface area (Å²) in [6.07, 6.45) is -0.104. The maximum absolute atomic E-state index is 12.3. The Morgan fingerprint density at radius 2 is 2.00 bits per heavy atom. The van der Waals surface area contributed by atoms with Crippen molar-refractivity contribution in [1.82, 2.24) is 0 Å². The molecule has 2 amide bonds. The van der Waals surface area contributed by atoms with Crippen molar-refractivity contribution in [2.24, 2.45) is 5.92 Å². The Morgan fingerprint density at radius 1 is 1.24 bits per heavy atom. The van der Waals surface area contributed by atoms with Gasteiger partial charge in [-0.2, -0.15) is 0 Å². The van der Waals surface area contributed by atoms with Crippen LogP contribution in [0.2, 0.25) is 5.02 Å². The molecule has 2 aromatic rings. The van der Waals surface area contributed by atoms with Gasteiger partial charge in [0.05, 0.1) is 27.2 Å². The van der Waals surface area contributed by atoms with Crippen LogP contribution in [0.4, 0.5) is 17.1 Å². The van der Waals surface area contributed by atoms with Gasteiger partial charge in [0.2, 0.25) is 5.91 Å². The second-order valence-corrected chi connectivity index (χ2v) is 6.73. The van der Waals surface area contributed by atoms with Crippen molar-refractivity contribution in [2.45, 2.75) is 6.42 Å². The minimum Gasteiger partial charge on any atom is -0.455 e. The van der Waals surface area contributed by atoms with Gasteiger partial charge in [-0.15, -0.1) is 0 Å². The van der Waals surface area contributed by atoms with Gasteiger partial charge in [0.15, 0.2) is 6.61 Å². The van der Waals surface area contributed by atoms with Crippen molar-refractivity contribution in [3.63, 3.8) is 0 Å². The third-order valence-corrected chi connectivity index (χ3v) is 4.63. The standard InChI is InChI=1S/C19H16ClN3O6/c20-15-6-1-2-7-16(15)21-17(24)11-29-19(26)12-8-18(25)22(10-12)13-4-3-5-14(9-13)23(27)28/h1-7,9,12H,8,10-11H2,(H,21,24)/t12-/m0/s1. The predicted octanol–water partition coefficient (Wildman–Crippen LogP) is 2.78. The molecule has 0 aliphatic carbocycles. The fourth-order valence-electron chi connectivity index (χ4n) is 2.89. The number of rotatable bonds is 6. The molecule has 1 N–H and O–H groups in total. The smallest absolute Gasteiger partial charge is 0.311 e. The number of halogens is 1. The molecule has 2 aromatic carbocycles. The number of nitrogens with one attached hydrogen (secondary N) is 1. The lowest BCUT2D eigenvalue weighted by Gasteiger charge is -2.16. The maximum atomic E-state index is 12.3. The van der Waals surface area contributed by atoms with E-state index < -0.39 is 29.3 Å². The molecule has 1 fully saturated rings. The van der Waals surface area contributed by atoms with E-state index in [-0.39, 0.29) is 24.6 Å². The van der Waals surface area contributed by atoms with Crippen LogP contribution in [0.25, 0.3) is 0 Å². The summed E-state index contributed by atoms with van der Waals surface area (Å²) in [4.78, 5) is 48.1. The molecule has 0 unspecified atom stereocenters. The molecule has 0 radical (unpaired) electrons. The number of ether oxygens (including phenoxy) is 1. The summed E-state index contributed by atoms with van der Waals surface area (Å²) in [5.74, 6) is -2.38. The first kappa shape index (κ1) is 20.3. The zero-order chi connectivity index (χ0) is 21.0. The maximum Gasteiger partial charge on any atom is 0.311 e. The lowest BCUT2D eigenvalue weighted by atomic mass is 10.1. The van der Waals surface area contributed by atoms with Crippen LogP contribution in [0.3, 0.4) is 0 Å². The number of benzene rings is 2. The molecule has 150 valence electrons. The van der Waals surface area contributed by atoms with Crippen molar-refractivity contribution < 1.29 is 24.0 Å². The van der Waals surface area contributed by atoms with E-state index in [4.69, 9.17) is 16.3 Å². The van der Waals surface area contributed by atoms with Crippen molar-refractivity contribution >= 4 is 46.4 Å². The highest BCUT2D eigenvalue weighted by Gasteiger charge is 2.36. The lowest BCUT2D eigenvalue weighted by Crippen LogP contribution is -2.28. The summed E-state index contributed by atoms with van der Waals surface area (Å²) in [5.41, 5.74) is 0.566. The average Bonchev–Trinajstić information content (AvgIpc) is 3.10. The average molecular weight is 418 g/mol. The van der Waals surface area contributed by atoms with E-state index in [0.717, 1.165) is 0 Å². The van der Waals surface area contributed by atoms with Crippen molar-refractivity contribution in [2.75, 3.05) is 23.4 Å². The Balaban J connectivity index is 1.56. The summed E-state index contributed by atoms with van der Waals surface area (Å²) in [7, 11) is 0. The lowest BCUT2D eigenvalue weighted by molar-refractivity contribution is -0.384. The number of nitro groups is 1. The Hall–Kier alpha value is -3.46. The van der Waals surface area contributed by atoms with E-state index >= 15 is 0 Å². The quantitative estimate of drug-likeness (QED) is 0.438. The van der Waals surface area contributed by atoms with Crippen LogP contribution < -0.4 is 10.2 Å². The molecule has 0 saturated carbocycles. The molecule has 0 aromatic heterocycles. The molecule has 10 heteroatoms. The Morgan fingerprint density at radius 3 is 2.72 bits per heavy atom. The van der Waals surface area contributed by atoms with Crippen molar-refractivity contribution in [3.8, 4) is 0 Å². The third kappa shape index (κ3) is 4.88. The molecule has 1 aliphatic rings. The number of hydrogen-bond acceptors (Lipinski definition) is 6. The highest BCUT2D eigenvalue weighted by molar-refractivity contribution is 6.33. The van der Waals surface area contributed by atoms with E-state index in [0.29, 0.717) is 16.4 Å².